The summed E-state index contributed by atoms with van der Waals surface area (Å²) in [6, 6.07) is 14.0. The second-order valence-electron chi connectivity index (χ2n) is 6.37. The van der Waals surface area contributed by atoms with Gasteiger partial charge in [-0.15, -0.1) is 0 Å². The molecule has 2 atom stereocenters. The Hall–Kier alpha value is -2.55. The molecule has 0 aliphatic carbocycles. The zero-order chi connectivity index (χ0) is 20.8. The lowest BCUT2D eigenvalue weighted by Gasteiger charge is -2.13. The van der Waals surface area contributed by atoms with E-state index < -0.39 is 17.3 Å². The molecule has 1 saturated heterocycles. The number of benzene rings is 2. The molecule has 1 fully saturated rings. The maximum atomic E-state index is 11.7. The lowest BCUT2D eigenvalue weighted by Crippen LogP contribution is -2.33. The highest BCUT2D eigenvalue weighted by Gasteiger charge is 2.31. The van der Waals surface area contributed by atoms with Gasteiger partial charge in [-0.1, -0.05) is 36.0 Å². The third-order valence-corrected chi connectivity index (χ3v) is 5.57. The second kappa shape index (κ2) is 9.78. The van der Waals surface area contributed by atoms with Crippen LogP contribution in [0.3, 0.4) is 0 Å². The van der Waals surface area contributed by atoms with Crippen LogP contribution in [0.4, 0.5) is 4.79 Å². The first-order chi connectivity index (χ1) is 14.0. The first kappa shape index (κ1) is 21.2. The molecule has 9 heteroatoms. The van der Waals surface area contributed by atoms with Gasteiger partial charge in [0.15, 0.2) is 0 Å². The molecule has 0 saturated carbocycles. The predicted molar refractivity (Wildman–Crippen MR) is 110 cm³/mol. The van der Waals surface area contributed by atoms with Gasteiger partial charge in [-0.05, 0) is 60.0 Å². The van der Waals surface area contributed by atoms with Crippen LogP contribution in [0.1, 0.15) is 11.1 Å². The maximum absolute atomic E-state index is 11.7. The number of methoxy groups -OCH3 is 1. The molecular weight excluding hydrogens is 416 g/mol. The second-order valence-corrected chi connectivity index (χ2v) is 7.76. The van der Waals surface area contributed by atoms with Gasteiger partial charge in [0.1, 0.15) is 17.5 Å². The minimum atomic E-state index is -0.628. The summed E-state index contributed by atoms with van der Waals surface area (Å²) in [6.45, 7) is 0. The Labute approximate surface area is 177 Å². The van der Waals surface area contributed by atoms with Crippen LogP contribution >= 0.6 is 23.5 Å². The number of imide groups is 1. The molecule has 29 heavy (non-hydrogen) atoms. The molecule has 1 unspecified atom stereocenters. The molecule has 0 spiro atoms. The Morgan fingerprint density at radius 3 is 2.17 bits per heavy atom. The van der Waals surface area contributed by atoms with Crippen molar-refractivity contribution in [2.45, 2.75) is 24.1 Å². The van der Waals surface area contributed by atoms with Crippen molar-refractivity contribution in [2.75, 3.05) is 7.11 Å². The van der Waals surface area contributed by atoms with Crippen molar-refractivity contribution >= 4 is 40.7 Å². The summed E-state index contributed by atoms with van der Waals surface area (Å²) in [5, 5.41) is 1.59. The fourth-order valence-electron chi connectivity index (χ4n) is 2.81. The smallest absolute Gasteiger partial charge is 0.324 e. The first-order valence-corrected chi connectivity index (χ1v) is 10.1. The van der Waals surface area contributed by atoms with Gasteiger partial charge < -0.3 is 9.47 Å². The molecule has 0 radical (unpaired) electrons. The van der Waals surface area contributed by atoms with Gasteiger partial charge >= 0.3 is 5.97 Å². The van der Waals surface area contributed by atoms with E-state index in [1.54, 1.807) is 12.1 Å². The fourth-order valence-corrected chi connectivity index (χ4v) is 3.84. The van der Waals surface area contributed by atoms with Crippen molar-refractivity contribution in [1.29, 1.82) is 0 Å². The van der Waals surface area contributed by atoms with Crippen molar-refractivity contribution in [1.82, 2.24) is 10.2 Å². The van der Waals surface area contributed by atoms with Gasteiger partial charge in [0, 0.05) is 0 Å². The number of nitrogens with one attached hydrogen (secondary N) is 2. The minimum absolute atomic E-state index is 0.251. The molecule has 2 aromatic rings. The number of esters is 1. The third kappa shape index (κ3) is 5.72. The highest BCUT2D eigenvalue weighted by Crippen LogP contribution is 2.26. The van der Waals surface area contributed by atoms with E-state index in [0.717, 1.165) is 22.9 Å². The molecule has 1 aliphatic heterocycles. The van der Waals surface area contributed by atoms with E-state index in [0.29, 0.717) is 24.3 Å². The normalized spacial score (nSPS) is 17.0. The number of ether oxygens (including phenoxy) is 2. The van der Waals surface area contributed by atoms with Crippen LogP contribution < -0.4 is 14.9 Å². The van der Waals surface area contributed by atoms with Crippen molar-refractivity contribution < 1.29 is 23.9 Å². The Morgan fingerprint density at radius 2 is 1.69 bits per heavy atom. The standard InChI is InChI=1S/C20H19ClN2O5S/c1-27-19(25)16(23-21)10-12-2-6-14(7-3-12)28-15-8-4-13(5-9-15)11-17-18(24)22-20(26)29-17/h2-9,16-17,23H,10-11H2,1H3,(H,22,24,26)/t16-,17?/m0/s1. The Bertz CT molecular complexity index is 889. The summed E-state index contributed by atoms with van der Waals surface area (Å²) in [6.07, 6.45) is 0.869. The van der Waals surface area contributed by atoms with Crippen LogP contribution in [0.25, 0.3) is 0 Å². The van der Waals surface area contributed by atoms with E-state index in [1.165, 1.54) is 7.11 Å². The maximum Gasteiger partial charge on any atom is 0.324 e. The number of amides is 2. The van der Waals surface area contributed by atoms with Crippen LogP contribution in [0.15, 0.2) is 48.5 Å². The van der Waals surface area contributed by atoms with Crippen LogP contribution in [-0.2, 0) is 27.2 Å². The van der Waals surface area contributed by atoms with E-state index in [9.17, 15) is 14.4 Å². The van der Waals surface area contributed by atoms with Gasteiger partial charge in [-0.25, -0.2) is 4.84 Å². The number of hydrogen-bond donors (Lipinski definition) is 2. The van der Waals surface area contributed by atoms with Crippen molar-refractivity contribution in [2.24, 2.45) is 0 Å². The van der Waals surface area contributed by atoms with Gasteiger partial charge in [0.25, 0.3) is 5.24 Å². The average Bonchev–Trinajstić information content (AvgIpc) is 3.05. The number of carbonyl (C=O) groups is 3. The zero-order valence-corrected chi connectivity index (χ0v) is 17.1. The van der Waals surface area contributed by atoms with E-state index in [1.807, 2.05) is 36.4 Å². The number of carbonyl (C=O) groups excluding carboxylic acids is 3. The summed E-state index contributed by atoms with van der Waals surface area (Å²) >= 11 is 6.61. The van der Waals surface area contributed by atoms with Gasteiger partial charge in [-0.2, -0.15) is 0 Å². The van der Waals surface area contributed by atoms with E-state index in [4.69, 9.17) is 16.5 Å². The van der Waals surface area contributed by atoms with Gasteiger partial charge in [0.05, 0.1) is 12.4 Å². The predicted octanol–water partition coefficient (Wildman–Crippen LogP) is 3.20. The topological polar surface area (TPSA) is 93.7 Å². The largest absolute Gasteiger partial charge is 0.468 e. The minimum Gasteiger partial charge on any atom is -0.468 e. The molecular formula is C20H19ClN2O5S. The van der Waals surface area contributed by atoms with E-state index in [-0.39, 0.29) is 11.1 Å². The Kier molecular flexibility index (Phi) is 7.13. The Morgan fingerprint density at radius 1 is 1.10 bits per heavy atom. The number of halogens is 1. The van der Waals surface area contributed by atoms with Crippen LogP contribution in [0.2, 0.25) is 0 Å². The molecule has 152 valence electrons. The fraction of sp³-hybridized carbons (Fsp3) is 0.250. The molecule has 2 amide bonds. The van der Waals surface area contributed by atoms with Crippen molar-refractivity contribution in [3.05, 3.63) is 59.7 Å². The molecule has 0 aromatic heterocycles. The van der Waals surface area contributed by atoms with E-state index >= 15 is 0 Å². The van der Waals surface area contributed by atoms with Crippen molar-refractivity contribution in [3.8, 4) is 11.5 Å². The SMILES string of the molecule is COC(=O)[C@H](Cc1ccc(Oc2ccc(CC3SC(=O)NC3=O)cc2)cc1)NCl. The number of hydrogen-bond acceptors (Lipinski definition) is 7. The van der Waals surface area contributed by atoms with Crippen LogP contribution in [0, 0.1) is 0 Å². The summed E-state index contributed by atoms with van der Waals surface area (Å²) < 4.78 is 10.5. The highest BCUT2D eigenvalue weighted by atomic mass is 35.5. The molecule has 2 aromatic carbocycles. The lowest BCUT2D eigenvalue weighted by molar-refractivity contribution is -0.142. The van der Waals surface area contributed by atoms with Gasteiger partial charge in [-0.3, -0.25) is 19.7 Å². The quantitative estimate of drug-likeness (QED) is 0.486. The average molecular weight is 435 g/mol. The molecule has 7 nitrogen and oxygen atoms in total. The molecule has 0 bridgehead atoms. The van der Waals surface area contributed by atoms with Crippen molar-refractivity contribution in [3.63, 3.8) is 0 Å². The molecule has 1 heterocycles. The highest BCUT2D eigenvalue weighted by molar-refractivity contribution is 8.15. The van der Waals surface area contributed by atoms with Crippen LogP contribution in [-0.4, -0.2) is 35.5 Å². The van der Waals surface area contributed by atoms with E-state index in [2.05, 4.69) is 14.9 Å². The summed E-state index contributed by atoms with van der Waals surface area (Å²) in [7, 11) is 1.31. The summed E-state index contributed by atoms with van der Waals surface area (Å²) in [5.41, 5.74) is 1.84. The molecule has 1 aliphatic rings. The summed E-state index contributed by atoms with van der Waals surface area (Å²) in [5.74, 6) is 0.611. The molecule has 2 N–H and O–H groups in total. The molecule has 3 rings (SSSR count). The summed E-state index contributed by atoms with van der Waals surface area (Å²) in [4.78, 5) is 36.9. The third-order valence-electron chi connectivity index (χ3n) is 4.33. The van der Waals surface area contributed by atoms with Gasteiger partial charge in [0.2, 0.25) is 5.91 Å². The van der Waals surface area contributed by atoms with Crippen LogP contribution in [0.5, 0.6) is 11.5 Å². The monoisotopic (exact) mass is 434 g/mol. The lowest BCUT2D eigenvalue weighted by atomic mass is 10.1. The first-order valence-electron chi connectivity index (χ1n) is 8.79. The number of rotatable bonds is 8. The number of thioether (sulfide) groups is 1. The Balaban J connectivity index is 1.56. The zero-order valence-electron chi connectivity index (χ0n) is 15.5.